The molecule has 0 radical (unpaired) electrons. The van der Waals surface area contributed by atoms with Crippen LogP contribution in [0.5, 0.6) is 0 Å². The SMILES string of the molecule is Cc1noc(-c2ccc(-c3ccc(C4(C(N)=O)CC4)cc3)cc2)c1NC(=O)NS(=O)(=O)C1CC1. The molecule has 3 amide bonds. The van der Waals surface area contributed by atoms with Gasteiger partial charge in [-0.3, -0.25) is 4.79 Å². The molecule has 1 aromatic heterocycles. The first-order chi connectivity index (χ1) is 16.2. The number of nitrogens with zero attached hydrogens (tertiary/aromatic N) is 1. The first-order valence-corrected chi connectivity index (χ1v) is 12.5. The molecule has 10 heteroatoms. The minimum Gasteiger partial charge on any atom is -0.369 e. The van der Waals surface area contributed by atoms with Crippen molar-refractivity contribution >= 4 is 27.6 Å². The van der Waals surface area contributed by atoms with Gasteiger partial charge in [-0.15, -0.1) is 0 Å². The summed E-state index contributed by atoms with van der Waals surface area (Å²) in [5, 5.41) is 5.97. The summed E-state index contributed by atoms with van der Waals surface area (Å²) in [4.78, 5) is 24.0. The summed E-state index contributed by atoms with van der Waals surface area (Å²) in [6.45, 7) is 1.66. The highest BCUT2D eigenvalue weighted by Gasteiger charge is 2.49. The molecule has 2 aliphatic rings. The van der Waals surface area contributed by atoms with Crippen LogP contribution in [-0.4, -0.2) is 30.8 Å². The standard InChI is InChI=1S/C24H24N4O5S/c1-14-20(26-23(30)28-34(31,32)19-10-11-19)21(33-27-14)17-4-2-15(3-5-17)16-6-8-18(9-7-16)24(12-13-24)22(25)29/h2-9,19H,10-13H2,1H3,(H2,25,29)(H2,26,28,30). The molecule has 1 heterocycles. The third-order valence-corrected chi connectivity index (χ3v) is 8.26. The van der Waals surface area contributed by atoms with E-state index in [-0.39, 0.29) is 5.91 Å². The fourth-order valence-corrected chi connectivity index (χ4v) is 5.27. The van der Waals surface area contributed by atoms with Gasteiger partial charge in [0.05, 0.1) is 10.7 Å². The Kier molecular flexibility index (Phi) is 5.20. The van der Waals surface area contributed by atoms with E-state index in [2.05, 4.69) is 10.5 Å². The van der Waals surface area contributed by atoms with Gasteiger partial charge in [-0.1, -0.05) is 53.7 Å². The average molecular weight is 481 g/mol. The Morgan fingerprint density at radius 2 is 1.56 bits per heavy atom. The number of aromatic nitrogens is 1. The zero-order valence-corrected chi connectivity index (χ0v) is 19.3. The second kappa shape index (κ2) is 7.98. The molecule has 0 aliphatic heterocycles. The van der Waals surface area contributed by atoms with Crippen LogP contribution in [0.1, 0.15) is 36.9 Å². The van der Waals surface area contributed by atoms with Gasteiger partial charge in [0.15, 0.2) is 5.76 Å². The summed E-state index contributed by atoms with van der Waals surface area (Å²) in [5.41, 5.74) is 9.33. The number of carbonyl (C=O) groups excluding carboxylic acids is 2. The van der Waals surface area contributed by atoms with E-state index >= 15 is 0 Å². The number of nitrogens with two attached hydrogens (primary N) is 1. The normalized spacial score (nSPS) is 16.6. The van der Waals surface area contributed by atoms with Crippen LogP contribution in [0, 0.1) is 6.92 Å². The average Bonchev–Trinajstić information content (AvgIpc) is 3.72. The van der Waals surface area contributed by atoms with Crippen LogP contribution < -0.4 is 15.8 Å². The number of amides is 3. The molecule has 4 N–H and O–H groups in total. The largest absolute Gasteiger partial charge is 0.369 e. The van der Waals surface area contributed by atoms with Crippen LogP contribution in [-0.2, 0) is 20.2 Å². The Hall–Kier alpha value is -3.66. The molecular weight excluding hydrogens is 456 g/mol. The summed E-state index contributed by atoms with van der Waals surface area (Å²) in [7, 11) is -3.67. The maximum atomic E-state index is 12.3. The number of hydrogen-bond donors (Lipinski definition) is 3. The van der Waals surface area contributed by atoms with Crippen molar-refractivity contribution in [3.8, 4) is 22.5 Å². The summed E-state index contributed by atoms with van der Waals surface area (Å²) in [6, 6.07) is 14.4. The predicted molar refractivity (Wildman–Crippen MR) is 126 cm³/mol. The van der Waals surface area contributed by atoms with E-state index < -0.39 is 26.7 Å². The van der Waals surface area contributed by atoms with E-state index in [1.54, 1.807) is 6.92 Å². The van der Waals surface area contributed by atoms with Crippen LogP contribution in [0.25, 0.3) is 22.5 Å². The fraction of sp³-hybridized carbons (Fsp3) is 0.292. The molecular formula is C24H24N4O5S. The zero-order chi connectivity index (χ0) is 24.1. The van der Waals surface area contributed by atoms with Crippen LogP contribution in [0.2, 0.25) is 0 Å². The van der Waals surface area contributed by atoms with Gasteiger partial charge in [0.2, 0.25) is 15.9 Å². The maximum Gasteiger partial charge on any atom is 0.333 e. The number of urea groups is 1. The summed E-state index contributed by atoms with van der Waals surface area (Å²) in [6.07, 6.45) is 2.68. The van der Waals surface area contributed by atoms with Crippen molar-refractivity contribution in [2.75, 3.05) is 5.32 Å². The first-order valence-electron chi connectivity index (χ1n) is 11.0. The number of carbonyl (C=O) groups is 2. The van der Waals surface area contributed by atoms with Crippen molar-refractivity contribution in [3.63, 3.8) is 0 Å². The van der Waals surface area contributed by atoms with E-state index in [0.29, 0.717) is 35.5 Å². The number of sulfonamides is 1. The second-order valence-corrected chi connectivity index (χ2v) is 10.8. The molecule has 2 aliphatic carbocycles. The van der Waals surface area contributed by atoms with E-state index in [4.69, 9.17) is 10.3 Å². The van der Waals surface area contributed by atoms with Gasteiger partial charge in [-0.25, -0.2) is 17.9 Å². The molecule has 0 saturated heterocycles. The van der Waals surface area contributed by atoms with Gasteiger partial charge in [-0.05, 0) is 49.3 Å². The van der Waals surface area contributed by atoms with Crippen LogP contribution in [0.3, 0.4) is 0 Å². The second-order valence-electron chi connectivity index (χ2n) is 8.87. The van der Waals surface area contributed by atoms with Crippen LogP contribution in [0.15, 0.2) is 53.1 Å². The number of nitrogens with one attached hydrogen (secondary N) is 2. The highest BCUT2D eigenvalue weighted by atomic mass is 32.2. The molecule has 0 bridgehead atoms. The molecule has 0 spiro atoms. The van der Waals surface area contributed by atoms with Crippen molar-refractivity contribution in [2.24, 2.45) is 5.73 Å². The summed E-state index contributed by atoms with van der Waals surface area (Å²) < 4.78 is 31.5. The monoisotopic (exact) mass is 480 g/mol. The van der Waals surface area contributed by atoms with E-state index in [1.807, 2.05) is 53.3 Å². The summed E-state index contributed by atoms with van der Waals surface area (Å²) >= 11 is 0. The van der Waals surface area contributed by atoms with Gasteiger partial charge in [0, 0.05) is 5.56 Å². The lowest BCUT2D eigenvalue weighted by atomic mass is 9.93. The molecule has 0 atom stereocenters. The van der Waals surface area contributed by atoms with Crippen molar-refractivity contribution in [1.82, 2.24) is 9.88 Å². The predicted octanol–water partition coefficient (Wildman–Crippen LogP) is 3.45. The molecule has 34 heavy (non-hydrogen) atoms. The van der Waals surface area contributed by atoms with E-state index in [1.165, 1.54) is 0 Å². The molecule has 5 rings (SSSR count). The van der Waals surface area contributed by atoms with Gasteiger partial charge < -0.3 is 15.6 Å². The number of benzene rings is 2. The Labute approximate surface area is 196 Å². The molecule has 176 valence electrons. The smallest absolute Gasteiger partial charge is 0.333 e. The third-order valence-electron chi connectivity index (χ3n) is 6.44. The number of hydrogen-bond acceptors (Lipinski definition) is 6. The lowest BCUT2D eigenvalue weighted by Crippen LogP contribution is -2.36. The molecule has 9 nitrogen and oxygen atoms in total. The number of anilines is 1. The van der Waals surface area contributed by atoms with Gasteiger partial charge in [0.25, 0.3) is 0 Å². The van der Waals surface area contributed by atoms with Crippen molar-refractivity contribution in [2.45, 2.75) is 43.3 Å². The number of rotatable bonds is 7. The first kappa shape index (κ1) is 22.1. The molecule has 2 fully saturated rings. The van der Waals surface area contributed by atoms with Crippen molar-refractivity contribution < 1.29 is 22.5 Å². The lowest BCUT2D eigenvalue weighted by molar-refractivity contribution is -0.120. The minimum absolute atomic E-state index is 0.282. The zero-order valence-electron chi connectivity index (χ0n) is 18.5. The van der Waals surface area contributed by atoms with Gasteiger partial charge in [0.1, 0.15) is 11.4 Å². The van der Waals surface area contributed by atoms with Crippen molar-refractivity contribution in [3.05, 3.63) is 59.8 Å². The lowest BCUT2D eigenvalue weighted by Gasteiger charge is -2.12. The van der Waals surface area contributed by atoms with Crippen molar-refractivity contribution in [1.29, 1.82) is 0 Å². The van der Waals surface area contributed by atoms with Crippen LogP contribution in [0.4, 0.5) is 10.5 Å². The third kappa shape index (κ3) is 4.05. The Balaban J connectivity index is 1.33. The molecule has 2 aromatic carbocycles. The molecule has 0 unspecified atom stereocenters. The van der Waals surface area contributed by atoms with E-state index in [9.17, 15) is 18.0 Å². The number of primary amides is 1. The van der Waals surface area contributed by atoms with E-state index in [0.717, 1.165) is 29.5 Å². The summed E-state index contributed by atoms with van der Waals surface area (Å²) in [5.74, 6) is 0.0469. The Morgan fingerprint density at radius 3 is 2.09 bits per heavy atom. The fourth-order valence-electron chi connectivity index (χ4n) is 4.04. The Bertz CT molecular complexity index is 1370. The quantitative estimate of drug-likeness (QED) is 0.472. The van der Waals surface area contributed by atoms with Crippen LogP contribution >= 0.6 is 0 Å². The molecule has 2 saturated carbocycles. The number of aryl methyl sites for hydroxylation is 1. The minimum atomic E-state index is -3.67. The highest BCUT2D eigenvalue weighted by molar-refractivity contribution is 7.90. The maximum absolute atomic E-state index is 12.3. The topological polar surface area (TPSA) is 144 Å². The van der Waals surface area contributed by atoms with Gasteiger partial charge in [-0.2, -0.15) is 0 Å². The molecule has 3 aromatic rings. The van der Waals surface area contributed by atoms with Gasteiger partial charge >= 0.3 is 6.03 Å². The highest BCUT2D eigenvalue weighted by Crippen LogP contribution is 2.48. The Morgan fingerprint density at radius 1 is 1.00 bits per heavy atom.